The molecule has 3 aromatic rings. The summed E-state index contributed by atoms with van der Waals surface area (Å²) in [6, 6.07) is 6.07. The predicted octanol–water partition coefficient (Wildman–Crippen LogP) is 3.12. The van der Waals surface area contributed by atoms with Gasteiger partial charge in [0.2, 0.25) is 0 Å². The highest BCUT2D eigenvalue weighted by molar-refractivity contribution is 7.16. The number of nitrogens with zero attached hydrogens (tertiary/aromatic N) is 4. The highest BCUT2D eigenvalue weighted by Gasteiger charge is 2.13. The molecule has 1 amide bonds. The fourth-order valence-electron chi connectivity index (χ4n) is 2.87. The van der Waals surface area contributed by atoms with Crippen LogP contribution in [0.3, 0.4) is 0 Å². The fraction of sp³-hybridized carbons (Fsp3) is 0.353. The number of aryl methyl sites for hydroxylation is 5. The molecule has 3 rings (SSSR count). The number of amides is 1. The summed E-state index contributed by atoms with van der Waals surface area (Å²) in [6.45, 7) is 8.85. The van der Waals surface area contributed by atoms with Gasteiger partial charge in [0, 0.05) is 19.3 Å². The van der Waals surface area contributed by atoms with Gasteiger partial charge in [0.25, 0.3) is 5.91 Å². The molecule has 2 aromatic heterocycles. The van der Waals surface area contributed by atoms with Crippen molar-refractivity contribution in [1.82, 2.24) is 14.3 Å². The van der Waals surface area contributed by atoms with Gasteiger partial charge in [-0.1, -0.05) is 17.4 Å². The average molecular weight is 328 g/mol. The number of carbonyl (C=O) groups is 1. The van der Waals surface area contributed by atoms with E-state index in [2.05, 4.69) is 36.1 Å². The zero-order valence-corrected chi connectivity index (χ0v) is 14.9. The lowest BCUT2D eigenvalue weighted by atomic mass is 10.1. The first-order valence-electron chi connectivity index (χ1n) is 7.61. The fourth-order valence-corrected chi connectivity index (χ4v) is 4.06. The van der Waals surface area contributed by atoms with Gasteiger partial charge in [-0.15, -0.1) is 0 Å². The molecule has 1 aromatic carbocycles. The molecule has 0 atom stereocenters. The second kappa shape index (κ2) is 5.77. The summed E-state index contributed by atoms with van der Waals surface area (Å²) in [4.78, 5) is 17.4. The first-order chi connectivity index (χ1) is 10.9. The van der Waals surface area contributed by atoms with Gasteiger partial charge >= 0.3 is 0 Å². The summed E-state index contributed by atoms with van der Waals surface area (Å²) in [5, 5.41) is 4.31. The van der Waals surface area contributed by atoms with Crippen molar-refractivity contribution in [3.8, 4) is 0 Å². The second-order valence-electron chi connectivity index (χ2n) is 5.78. The van der Waals surface area contributed by atoms with Crippen LogP contribution in [0.2, 0.25) is 0 Å². The number of thiazole rings is 1. The Labute approximate surface area is 138 Å². The van der Waals surface area contributed by atoms with E-state index in [9.17, 15) is 4.79 Å². The second-order valence-corrected chi connectivity index (χ2v) is 6.78. The van der Waals surface area contributed by atoms with Gasteiger partial charge < -0.3 is 4.57 Å². The maximum atomic E-state index is 12.4. The Balaban J connectivity index is 2.11. The van der Waals surface area contributed by atoms with E-state index in [0.29, 0.717) is 10.5 Å². The first kappa shape index (κ1) is 15.7. The van der Waals surface area contributed by atoms with Crippen LogP contribution >= 0.6 is 11.3 Å². The van der Waals surface area contributed by atoms with Gasteiger partial charge in [0.05, 0.1) is 10.2 Å². The molecule has 5 nitrogen and oxygen atoms in total. The molecule has 0 N–H and O–H groups in total. The Morgan fingerprint density at radius 2 is 2.00 bits per heavy atom. The third kappa shape index (κ3) is 2.74. The van der Waals surface area contributed by atoms with E-state index in [-0.39, 0.29) is 5.91 Å². The monoisotopic (exact) mass is 328 g/mol. The summed E-state index contributed by atoms with van der Waals surface area (Å²) < 4.78 is 4.93. The van der Waals surface area contributed by atoms with E-state index < -0.39 is 0 Å². The molecule has 0 aliphatic heterocycles. The molecule has 0 aliphatic carbocycles. The van der Waals surface area contributed by atoms with E-state index in [1.54, 1.807) is 10.7 Å². The van der Waals surface area contributed by atoms with Crippen molar-refractivity contribution in [1.29, 1.82) is 0 Å². The summed E-state index contributed by atoms with van der Waals surface area (Å²) in [7, 11) is 1.95. The van der Waals surface area contributed by atoms with E-state index in [4.69, 9.17) is 0 Å². The van der Waals surface area contributed by atoms with Crippen LogP contribution in [-0.2, 0) is 13.6 Å². The van der Waals surface area contributed by atoms with Crippen LogP contribution in [-0.4, -0.2) is 20.3 Å². The van der Waals surface area contributed by atoms with E-state index >= 15 is 0 Å². The number of aromatic nitrogens is 3. The van der Waals surface area contributed by atoms with E-state index in [1.165, 1.54) is 22.5 Å². The molecule has 0 bridgehead atoms. The molecule has 0 saturated carbocycles. The maximum absolute atomic E-state index is 12.4. The predicted molar refractivity (Wildman–Crippen MR) is 92.8 cm³/mol. The number of rotatable bonds is 2. The van der Waals surface area contributed by atoms with Crippen molar-refractivity contribution in [2.45, 2.75) is 34.2 Å². The molecule has 2 heterocycles. The molecular formula is C17H20N4OS. The van der Waals surface area contributed by atoms with Crippen molar-refractivity contribution in [2.24, 2.45) is 12.0 Å². The number of benzene rings is 1. The van der Waals surface area contributed by atoms with Gasteiger partial charge in [0.1, 0.15) is 0 Å². The average Bonchev–Trinajstić information content (AvgIpc) is 3.00. The molecule has 23 heavy (non-hydrogen) atoms. The third-order valence-corrected chi connectivity index (χ3v) is 5.01. The van der Waals surface area contributed by atoms with Crippen LogP contribution in [0.1, 0.15) is 34.2 Å². The van der Waals surface area contributed by atoms with Crippen LogP contribution in [0.5, 0.6) is 0 Å². The quantitative estimate of drug-likeness (QED) is 0.726. The van der Waals surface area contributed by atoms with Gasteiger partial charge in [0.15, 0.2) is 10.5 Å². The Hall–Kier alpha value is -2.21. The van der Waals surface area contributed by atoms with Crippen LogP contribution in [0.25, 0.3) is 10.2 Å². The van der Waals surface area contributed by atoms with Crippen molar-refractivity contribution in [3.63, 3.8) is 0 Å². The molecule has 0 radical (unpaired) electrons. The summed E-state index contributed by atoms with van der Waals surface area (Å²) in [5.74, 6) is -0.295. The van der Waals surface area contributed by atoms with Crippen LogP contribution in [0, 0.1) is 20.8 Å². The van der Waals surface area contributed by atoms with E-state index in [1.807, 2.05) is 25.5 Å². The van der Waals surface area contributed by atoms with Crippen molar-refractivity contribution in [2.75, 3.05) is 0 Å². The third-order valence-electron chi connectivity index (χ3n) is 3.93. The van der Waals surface area contributed by atoms with Gasteiger partial charge in [-0.3, -0.25) is 9.48 Å². The number of fused-ring (bicyclic) bond motifs is 1. The minimum absolute atomic E-state index is 0.295. The van der Waals surface area contributed by atoms with Crippen LogP contribution < -0.4 is 4.80 Å². The number of hydrogen-bond donors (Lipinski definition) is 0. The topological polar surface area (TPSA) is 52.2 Å². The zero-order valence-electron chi connectivity index (χ0n) is 14.0. The maximum Gasteiger partial charge on any atom is 0.300 e. The van der Waals surface area contributed by atoms with Crippen molar-refractivity contribution >= 4 is 27.5 Å². The Morgan fingerprint density at radius 1 is 1.26 bits per heavy atom. The lowest BCUT2D eigenvalue weighted by molar-refractivity contribution is 0.0992. The molecule has 0 unspecified atom stereocenters. The normalized spacial score (nSPS) is 12.3. The number of carbonyl (C=O) groups excluding carboxylic acids is 1. The Bertz CT molecular complexity index is 975. The highest BCUT2D eigenvalue weighted by Crippen LogP contribution is 2.22. The zero-order chi connectivity index (χ0) is 16.7. The van der Waals surface area contributed by atoms with Gasteiger partial charge in [-0.05, 0) is 51.0 Å². The SMILES string of the molecule is CCn1nc(C(=O)N=c2sc3cc(C)cc(C)c3n2C)cc1C. The highest BCUT2D eigenvalue weighted by atomic mass is 32.1. The molecule has 6 heteroatoms. The smallest absolute Gasteiger partial charge is 0.300 e. The number of hydrogen-bond acceptors (Lipinski definition) is 3. The Morgan fingerprint density at radius 3 is 2.65 bits per heavy atom. The first-order valence-corrected chi connectivity index (χ1v) is 8.42. The molecule has 0 aliphatic rings. The largest absolute Gasteiger partial charge is 0.319 e. The van der Waals surface area contributed by atoms with E-state index in [0.717, 1.165) is 22.5 Å². The molecule has 0 saturated heterocycles. The lowest BCUT2D eigenvalue weighted by Crippen LogP contribution is -2.14. The standard InChI is InChI=1S/C17H20N4OS/c1-6-21-12(4)9-13(19-21)16(22)18-17-20(5)15-11(3)7-10(2)8-14(15)23-17/h7-9H,6H2,1-5H3. The van der Waals surface area contributed by atoms with Crippen molar-refractivity contribution < 1.29 is 4.79 Å². The molecular weight excluding hydrogens is 308 g/mol. The van der Waals surface area contributed by atoms with Gasteiger partial charge in [-0.2, -0.15) is 10.1 Å². The van der Waals surface area contributed by atoms with Gasteiger partial charge in [-0.25, -0.2) is 0 Å². The molecule has 0 fully saturated rings. The molecule has 120 valence electrons. The summed E-state index contributed by atoms with van der Waals surface area (Å²) >= 11 is 1.53. The minimum atomic E-state index is -0.295. The molecule has 0 spiro atoms. The lowest BCUT2D eigenvalue weighted by Gasteiger charge is -2.01. The summed E-state index contributed by atoms with van der Waals surface area (Å²) in [6.07, 6.45) is 0. The minimum Gasteiger partial charge on any atom is -0.319 e. The Kier molecular flexibility index (Phi) is 3.93. The van der Waals surface area contributed by atoms with Crippen LogP contribution in [0.15, 0.2) is 23.2 Å². The van der Waals surface area contributed by atoms with Crippen LogP contribution in [0.4, 0.5) is 0 Å². The van der Waals surface area contributed by atoms with Crippen molar-refractivity contribution in [3.05, 3.63) is 45.5 Å². The summed E-state index contributed by atoms with van der Waals surface area (Å²) in [5.41, 5.74) is 4.90.